The van der Waals surface area contributed by atoms with Crippen molar-refractivity contribution < 1.29 is 4.74 Å². The zero-order valence-electron chi connectivity index (χ0n) is 13.0. The standard InChI is InChI=1S/C20H25O/c1-2-3-4-5-6-12-17-21-20-16-11-10-15-19(20)18-13-8-7-9-14-18/h7-11,13,15-16H,2-6,12,17H2,1H3. The number of hydrogen-bond donors (Lipinski definition) is 0. The van der Waals surface area contributed by atoms with E-state index in [1.54, 1.807) is 0 Å². The summed E-state index contributed by atoms with van der Waals surface area (Å²) in [4.78, 5) is 0. The monoisotopic (exact) mass is 281 g/mol. The Morgan fingerprint density at radius 3 is 2.43 bits per heavy atom. The molecule has 2 aromatic carbocycles. The molecule has 0 bridgehead atoms. The van der Waals surface area contributed by atoms with E-state index in [-0.39, 0.29) is 0 Å². The van der Waals surface area contributed by atoms with E-state index in [1.165, 1.54) is 32.1 Å². The molecule has 0 saturated carbocycles. The molecule has 1 heteroatoms. The lowest BCUT2D eigenvalue weighted by Crippen LogP contribution is -1.98. The highest BCUT2D eigenvalue weighted by Gasteiger charge is 2.05. The largest absolute Gasteiger partial charge is 0.493 e. The van der Waals surface area contributed by atoms with Crippen molar-refractivity contribution in [3.63, 3.8) is 0 Å². The van der Waals surface area contributed by atoms with Crippen molar-refractivity contribution in [2.75, 3.05) is 6.61 Å². The highest BCUT2D eigenvalue weighted by molar-refractivity contribution is 5.69. The minimum atomic E-state index is 0.802. The quantitative estimate of drug-likeness (QED) is 0.520. The van der Waals surface area contributed by atoms with Gasteiger partial charge >= 0.3 is 0 Å². The zero-order chi connectivity index (χ0) is 14.8. The molecular formula is C20H25O. The molecule has 21 heavy (non-hydrogen) atoms. The molecule has 0 spiro atoms. The molecule has 0 amide bonds. The summed E-state index contributed by atoms with van der Waals surface area (Å²) in [6.45, 7) is 3.05. The van der Waals surface area contributed by atoms with Crippen LogP contribution in [0.2, 0.25) is 0 Å². The molecule has 0 heterocycles. The van der Waals surface area contributed by atoms with Crippen molar-refractivity contribution in [3.05, 3.63) is 54.6 Å². The van der Waals surface area contributed by atoms with Gasteiger partial charge < -0.3 is 4.74 Å². The van der Waals surface area contributed by atoms with Gasteiger partial charge in [0.2, 0.25) is 0 Å². The van der Waals surface area contributed by atoms with Crippen LogP contribution >= 0.6 is 0 Å². The lowest BCUT2D eigenvalue weighted by Gasteiger charge is -2.11. The van der Waals surface area contributed by atoms with Crippen LogP contribution in [-0.2, 0) is 0 Å². The van der Waals surface area contributed by atoms with E-state index < -0.39 is 0 Å². The average Bonchev–Trinajstić information content (AvgIpc) is 2.55. The number of para-hydroxylation sites is 1. The van der Waals surface area contributed by atoms with E-state index in [1.807, 2.05) is 36.4 Å². The van der Waals surface area contributed by atoms with Crippen LogP contribution in [-0.4, -0.2) is 6.61 Å². The van der Waals surface area contributed by atoms with E-state index in [9.17, 15) is 0 Å². The van der Waals surface area contributed by atoms with Gasteiger partial charge in [0.25, 0.3) is 0 Å². The maximum absolute atomic E-state index is 5.98. The summed E-state index contributed by atoms with van der Waals surface area (Å²) in [5.41, 5.74) is 2.22. The summed E-state index contributed by atoms with van der Waals surface area (Å²) in [7, 11) is 0. The molecule has 0 atom stereocenters. The highest BCUT2D eigenvalue weighted by atomic mass is 16.5. The van der Waals surface area contributed by atoms with E-state index in [2.05, 4.69) is 25.1 Å². The van der Waals surface area contributed by atoms with Gasteiger partial charge in [-0.05, 0) is 24.1 Å². The third-order valence-electron chi connectivity index (χ3n) is 3.64. The lowest BCUT2D eigenvalue weighted by molar-refractivity contribution is 0.305. The van der Waals surface area contributed by atoms with Crippen molar-refractivity contribution >= 4 is 0 Å². The summed E-state index contributed by atoms with van der Waals surface area (Å²) in [6, 6.07) is 19.5. The normalized spacial score (nSPS) is 10.5. The van der Waals surface area contributed by atoms with Crippen LogP contribution in [0.3, 0.4) is 0 Å². The third kappa shape index (κ3) is 5.26. The second-order valence-corrected chi connectivity index (χ2v) is 5.39. The summed E-state index contributed by atoms with van der Waals surface area (Å²) in [5.74, 6) is 0.966. The number of rotatable bonds is 9. The second kappa shape index (κ2) is 9.23. The Morgan fingerprint density at radius 1 is 0.857 bits per heavy atom. The van der Waals surface area contributed by atoms with Crippen LogP contribution in [0.1, 0.15) is 45.4 Å². The smallest absolute Gasteiger partial charge is 0.127 e. The van der Waals surface area contributed by atoms with Gasteiger partial charge in [0.05, 0.1) is 6.61 Å². The third-order valence-corrected chi connectivity index (χ3v) is 3.64. The fourth-order valence-electron chi connectivity index (χ4n) is 2.44. The first-order chi connectivity index (χ1) is 10.4. The molecule has 0 N–H and O–H groups in total. The molecule has 1 radical (unpaired) electrons. The Kier molecular flexibility index (Phi) is 6.87. The van der Waals surface area contributed by atoms with E-state index in [0.29, 0.717) is 0 Å². The summed E-state index contributed by atoms with van der Waals surface area (Å²) in [5, 5.41) is 0. The molecule has 0 unspecified atom stereocenters. The second-order valence-electron chi connectivity index (χ2n) is 5.39. The lowest BCUT2D eigenvalue weighted by atomic mass is 10.0. The maximum atomic E-state index is 5.98. The molecule has 0 saturated heterocycles. The Labute approximate surface area is 129 Å². The molecule has 0 aromatic heterocycles. The molecule has 2 rings (SSSR count). The van der Waals surface area contributed by atoms with Crippen LogP contribution in [0.5, 0.6) is 5.75 Å². The van der Waals surface area contributed by atoms with E-state index in [0.717, 1.165) is 29.9 Å². The van der Waals surface area contributed by atoms with Crippen molar-refractivity contribution in [2.24, 2.45) is 0 Å². The molecule has 0 fully saturated rings. The van der Waals surface area contributed by atoms with Crippen LogP contribution in [0.4, 0.5) is 0 Å². The van der Waals surface area contributed by atoms with Crippen molar-refractivity contribution in [3.8, 4) is 16.9 Å². The highest BCUT2D eigenvalue weighted by Crippen LogP contribution is 2.29. The zero-order valence-corrected chi connectivity index (χ0v) is 13.0. The Bertz CT molecular complexity index is 504. The minimum Gasteiger partial charge on any atom is -0.493 e. The van der Waals surface area contributed by atoms with Gasteiger partial charge in [-0.25, -0.2) is 0 Å². The number of benzene rings is 2. The molecule has 1 nitrogen and oxygen atoms in total. The van der Waals surface area contributed by atoms with Gasteiger partial charge in [-0.2, -0.15) is 0 Å². The first-order valence-electron chi connectivity index (χ1n) is 8.10. The minimum absolute atomic E-state index is 0.802. The maximum Gasteiger partial charge on any atom is 0.127 e. The predicted octanol–water partition coefficient (Wildman–Crippen LogP) is 5.89. The molecule has 0 aliphatic rings. The Hall–Kier alpha value is -1.76. The van der Waals surface area contributed by atoms with Gasteiger partial charge in [-0.1, -0.05) is 81.5 Å². The Morgan fingerprint density at radius 2 is 1.62 bits per heavy atom. The fourth-order valence-corrected chi connectivity index (χ4v) is 2.44. The van der Waals surface area contributed by atoms with Gasteiger partial charge in [0.15, 0.2) is 0 Å². The summed E-state index contributed by atoms with van der Waals surface area (Å²) in [6.07, 6.45) is 7.73. The molecule has 0 aliphatic heterocycles. The molecule has 0 aliphatic carbocycles. The van der Waals surface area contributed by atoms with Crippen molar-refractivity contribution in [2.45, 2.75) is 45.4 Å². The molecule has 2 aromatic rings. The van der Waals surface area contributed by atoms with Crippen LogP contribution in [0, 0.1) is 6.07 Å². The van der Waals surface area contributed by atoms with Gasteiger partial charge in [-0.3, -0.25) is 0 Å². The van der Waals surface area contributed by atoms with E-state index >= 15 is 0 Å². The fraction of sp³-hybridized carbons (Fsp3) is 0.400. The molecular weight excluding hydrogens is 256 g/mol. The first-order valence-corrected chi connectivity index (χ1v) is 8.10. The SMILES string of the molecule is CCCCCCCCOc1ccccc1-c1[c]cccc1. The Balaban J connectivity index is 1.84. The summed E-state index contributed by atoms with van der Waals surface area (Å²) < 4.78 is 5.98. The van der Waals surface area contributed by atoms with Gasteiger partial charge in [0.1, 0.15) is 5.75 Å². The summed E-state index contributed by atoms with van der Waals surface area (Å²) >= 11 is 0. The topological polar surface area (TPSA) is 9.23 Å². The van der Waals surface area contributed by atoms with Gasteiger partial charge in [0, 0.05) is 5.56 Å². The van der Waals surface area contributed by atoms with E-state index in [4.69, 9.17) is 4.74 Å². The van der Waals surface area contributed by atoms with Crippen LogP contribution < -0.4 is 4.74 Å². The van der Waals surface area contributed by atoms with Crippen molar-refractivity contribution in [1.82, 2.24) is 0 Å². The van der Waals surface area contributed by atoms with Gasteiger partial charge in [-0.15, -0.1) is 0 Å². The number of ether oxygens (including phenoxy) is 1. The first kappa shape index (κ1) is 15.6. The van der Waals surface area contributed by atoms with Crippen molar-refractivity contribution in [1.29, 1.82) is 0 Å². The van der Waals surface area contributed by atoms with Crippen LogP contribution in [0.15, 0.2) is 48.5 Å². The average molecular weight is 281 g/mol. The number of unbranched alkanes of at least 4 members (excludes halogenated alkanes) is 5. The number of hydrogen-bond acceptors (Lipinski definition) is 1. The predicted molar refractivity (Wildman–Crippen MR) is 89.6 cm³/mol. The van der Waals surface area contributed by atoms with Crippen LogP contribution in [0.25, 0.3) is 11.1 Å². The molecule has 111 valence electrons.